The molecule has 0 bridgehead atoms. The number of benzene rings is 2. The molecule has 1 atom stereocenters. The highest BCUT2D eigenvalue weighted by Crippen LogP contribution is 2.45. The molecule has 2 amide bonds. The van der Waals surface area contributed by atoms with Crippen LogP contribution in [-0.2, 0) is 0 Å². The van der Waals surface area contributed by atoms with Crippen molar-refractivity contribution >= 4 is 23.2 Å². The van der Waals surface area contributed by atoms with Gasteiger partial charge in [0.2, 0.25) is 0 Å². The number of nitriles is 1. The first kappa shape index (κ1) is 23.3. The fourth-order valence-corrected chi connectivity index (χ4v) is 5.85. The first-order chi connectivity index (χ1) is 17.0. The summed E-state index contributed by atoms with van der Waals surface area (Å²) in [5, 5.41) is 13.2. The van der Waals surface area contributed by atoms with E-state index < -0.39 is 0 Å². The average Bonchev–Trinajstić information content (AvgIpc) is 3.65. The number of aromatic nitrogens is 1. The lowest BCUT2D eigenvalue weighted by Crippen LogP contribution is -2.49. The number of aryl methyl sites for hydroxylation is 1. The summed E-state index contributed by atoms with van der Waals surface area (Å²) in [4.78, 5) is 34.3. The fourth-order valence-electron chi connectivity index (χ4n) is 4.63. The number of piperidine rings is 1. The molecule has 2 aromatic carbocycles. The Kier molecular flexibility index (Phi) is 6.65. The van der Waals surface area contributed by atoms with E-state index in [1.807, 2.05) is 11.0 Å². The largest absolute Gasteiger partial charge is 0.350 e. The number of nitrogens with one attached hydrogen (secondary N) is 1. The molecule has 1 aliphatic heterocycles. The third-order valence-corrected chi connectivity index (χ3v) is 7.96. The third kappa shape index (κ3) is 5.13. The van der Waals surface area contributed by atoms with E-state index in [2.05, 4.69) is 36.5 Å². The summed E-state index contributed by atoms with van der Waals surface area (Å²) < 4.78 is 0. The molecule has 1 saturated heterocycles. The number of carbonyl (C=O) groups is 2. The maximum Gasteiger partial charge on any atom is 0.274 e. The van der Waals surface area contributed by atoms with Gasteiger partial charge in [0.05, 0.1) is 21.5 Å². The van der Waals surface area contributed by atoms with Gasteiger partial charge in [-0.3, -0.25) is 9.59 Å². The molecule has 2 heterocycles. The van der Waals surface area contributed by atoms with Gasteiger partial charge >= 0.3 is 0 Å². The molecule has 35 heavy (non-hydrogen) atoms. The standard InChI is InChI=1S/C28H28N4O2S/c1-18-6-4-8-21(14-18)25-24(31-27(35-25)20-11-12-20)28(34)32-13-3-2-10-23(32)17-30-26(33)22-9-5-7-19(15-22)16-29/h4-9,14-15,20,23H,2-3,10-13,17H2,1H3,(H,30,33)/t23-/m0/s1. The molecular formula is C28H28N4O2S. The predicted octanol–water partition coefficient (Wildman–Crippen LogP) is 5.29. The van der Waals surface area contributed by atoms with E-state index in [-0.39, 0.29) is 17.9 Å². The summed E-state index contributed by atoms with van der Waals surface area (Å²) in [6.45, 7) is 3.09. The molecule has 1 saturated carbocycles. The number of rotatable bonds is 6. The van der Waals surface area contributed by atoms with E-state index in [9.17, 15) is 9.59 Å². The Morgan fingerprint density at radius 1 is 1.14 bits per heavy atom. The summed E-state index contributed by atoms with van der Waals surface area (Å²) in [5.41, 5.74) is 3.64. The Bertz CT molecular complexity index is 1300. The van der Waals surface area contributed by atoms with Gasteiger partial charge in [0.25, 0.3) is 11.8 Å². The third-order valence-electron chi connectivity index (χ3n) is 6.69. The fraction of sp³-hybridized carbons (Fsp3) is 0.357. The molecule has 0 radical (unpaired) electrons. The van der Waals surface area contributed by atoms with Crippen LogP contribution in [0.25, 0.3) is 10.4 Å². The Morgan fingerprint density at radius 3 is 2.74 bits per heavy atom. The number of amides is 2. The second kappa shape index (κ2) is 10.0. The summed E-state index contributed by atoms with van der Waals surface area (Å²) in [7, 11) is 0. The van der Waals surface area contributed by atoms with E-state index in [0.717, 1.165) is 53.1 Å². The molecule has 7 heteroatoms. The molecule has 3 aromatic rings. The van der Waals surface area contributed by atoms with Crippen molar-refractivity contribution in [2.45, 2.75) is 51.0 Å². The SMILES string of the molecule is Cc1cccc(-c2sc(C3CC3)nc2C(=O)N2CCCC[C@H]2CNC(=O)c2cccc(C#N)c2)c1. The highest BCUT2D eigenvalue weighted by Gasteiger charge is 2.34. The van der Waals surface area contributed by atoms with E-state index in [4.69, 9.17) is 10.2 Å². The number of hydrogen-bond acceptors (Lipinski definition) is 5. The first-order valence-electron chi connectivity index (χ1n) is 12.2. The average molecular weight is 485 g/mol. The Balaban J connectivity index is 1.37. The van der Waals surface area contributed by atoms with E-state index in [1.165, 1.54) is 0 Å². The van der Waals surface area contributed by atoms with Crippen molar-refractivity contribution in [3.63, 3.8) is 0 Å². The normalized spacial score (nSPS) is 17.6. The van der Waals surface area contributed by atoms with Gasteiger partial charge < -0.3 is 10.2 Å². The van der Waals surface area contributed by atoms with Crippen LogP contribution in [0.15, 0.2) is 48.5 Å². The number of carbonyl (C=O) groups excluding carboxylic acids is 2. The van der Waals surface area contributed by atoms with Crippen molar-refractivity contribution in [1.82, 2.24) is 15.2 Å². The highest BCUT2D eigenvalue weighted by molar-refractivity contribution is 7.15. The maximum absolute atomic E-state index is 13.9. The quantitative estimate of drug-likeness (QED) is 0.515. The summed E-state index contributed by atoms with van der Waals surface area (Å²) in [6, 6.07) is 16.9. The van der Waals surface area contributed by atoms with Crippen molar-refractivity contribution < 1.29 is 9.59 Å². The van der Waals surface area contributed by atoms with Crippen LogP contribution in [0.1, 0.15) is 75.0 Å². The van der Waals surface area contributed by atoms with Crippen LogP contribution >= 0.6 is 11.3 Å². The van der Waals surface area contributed by atoms with Crippen LogP contribution in [0.2, 0.25) is 0 Å². The Labute approximate surface area is 209 Å². The van der Waals surface area contributed by atoms with Crippen LogP contribution < -0.4 is 5.32 Å². The lowest BCUT2D eigenvalue weighted by molar-refractivity contribution is 0.0598. The van der Waals surface area contributed by atoms with Crippen LogP contribution in [0, 0.1) is 18.3 Å². The number of thiazole rings is 1. The second-order valence-corrected chi connectivity index (χ2v) is 10.5. The van der Waals surface area contributed by atoms with Gasteiger partial charge in [-0.25, -0.2) is 4.98 Å². The molecule has 6 nitrogen and oxygen atoms in total. The van der Waals surface area contributed by atoms with Crippen molar-refractivity contribution in [2.24, 2.45) is 0 Å². The van der Waals surface area contributed by atoms with E-state index in [1.54, 1.807) is 35.6 Å². The molecular weight excluding hydrogens is 456 g/mol. The van der Waals surface area contributed by atoms with Crippen LogP contribution in [0.5, 0.6) is 0 Å². The van der Waals surface area contributed by atoms with Crippen molar-refractivity contribution in [3.05, 3.63) is 75.9 Å². The zero-order chi connectivity index (χ0) is 24.4. The predicted molar refractivity (Wildman–Crippen MR) is 136 cm³/mol. The molecule has 1 aromatic heterocycles. The zero-order valence-electron chi connectivity index (χ0n) is 19.8. The molecule has 1 N–H and O–H groups in total. The minimum atomic E-state index is -0.231. The lowest BCUT2D eigenvalue weighted by Gasteiger charge is -2.35. The van der Waals surface area contributed by atoms with Gasteiger partial charge in [0, 0.05) is 30.6 Å². The number of hydrogen-bond donors (Lipinski definition) is 1. The van der Waals surface area contributed by atoms with E-state index >= 15 is 0 Å². The lowest BCUT2D eigenvalue weighted by atomic mass is 10.0. The zero-order valence-corrected chi connectivity index (χ0v) is 20.6. The van der Waals surface area contributed by atoms with Crippen LogP contribution in [-0.4, -0.2) is 40.8 Å². The van der Waals surface area contributed by atoms with Gasteiger partial charge in [0.15, 0.2) is 0 Å². The molecule has 5 rings (SSSR count). The smallest absolute Gasteiger partial charge is 0.274 e. The number of likely N-dealkylation sites (tertiary alicyclic amines) is 1. The highest BCUT2D eigenvalue weighted by atomic mass is 32.1. The molecule has 2 fully saturated rings. The van der Waals surface area contributed by atoms with Gasteiger partial charge in [-0.05, 0) is 62.8 Å². The van der Waals surface area contributed by atoms with Crippen LogP contribution in [0.3, 0.4) is 0 Å². The molecule has 0 unspecified atom stereocenters. The molecule has 1 aliphatic carbocycles. The van der Waals surface area contributed by atoms with Crippen molar-refractivity contribution in [1.29, 1.82) is 5.26 Å². The summed E-state index contributed by atoms with van der Waals surface area (Å²) in [5.74, 6) is 0.200. The molecule has 0 spiro atoms. The van der Waals surface area contributed by atoms with Gasteiger partial charge in [-0.1, -0.05) is 35.9 Å². The number of nitrogens with zero attached hydrogens (tertiary/aromatic N) is 3. The first-order valence-corrected chi connectivity index (χ1v) is 13.0. The van der Waals surface area contributed by atoms with Crippen molar-refractivity contribution in [2.75, 3.05) is 13.1 Å². The topological polar surface area (TPSA) is 86.1 Å². The maximum atomic E-state index is 13.9. The second-order valence-electron chi connectivity index (χ2n) is 9.42. The van der Waals surface area contributed by atoms with Gasteiger partial charge in [0.1, 0.15) is 5.69 Å². The Morgan fingerprint density at radius 2 is 1.97 bits per heavy atom. The van der Waals surface area contributed by atoms with Crippen molar-refractivity contribution in [3.8, 4) is 16.5 Å². The van der Waals surface area contributed by atoms with Gasteiger partial charge in [-0.15, -0.1) is 11.3 Å². The Hall–Kier alpha value is -3.50. The van der Waals surface area contributed by atoms with Crippen LogP contribution in [0.4, 0.5) is 0 Å². The minimum absolute atomic E-state index is 0.0462. The summed E-state index contributed by atoms with van der Waals surface area (Å²) in [6.07, 6.45) is 5.08. The summed E-state index contributed by atoms with van der Waals surface area (Å²) >= 11 is 1.65. The molecule has 2 aliphatic rings. The van der Waals surface area contributed by atoms with E-state index in [0.29, 0.717) is 35.8 Å². The molecule has 178 valence electrons. The monoisotopic (exact) mass is 484 g/mol. The minimum Gasteiger partial charge on any atom is -0.350 e. The van der Waals surface area contributed by atoms with Gasteiger partial charge in [-0.2, -0.15) is 5.26 Å².